The third-order valence-corrected chi connectivity index (χ3v) is 1.86. The van der Waals surface area contributed by atoms with Crippen molar-refractivity contribution in [1.82, 2.24) is 0 Å². The number of hydrogen-bond acceptors (Lipinski definition) is 2. The van der Waals surface area contributed by atoms with Crippen LogP contribution in [0.2, 0.25) is 0 Å². The molecule has 0 saturated carbocycles. The molecule has 0 aromatic carbocycles. The summed E-state index contributed by atoms with van der Waals surface area (Å²) in [5.74, 6) is -0.352. The summed E-state index contributed by atoms with van der Waals surface area (Å²) in [5.41, 5.74) is 0. The maximum atomic E-state index is 11.7. The molecule has 2 nitrogen and oxygen atoms in total. The molecule has 0 heterocycles. The van der Waals surface area contributed by atoms with E-state index in [4.69, 9.17) is 0 Å². The summed E-state index contributed by atoms with van der Waals surface area (Å²) in [4.78, 5) is 10.4. The number of carbonyl (C=O) groups is 1. The molecular formula is C9H17FO2. The molecule has 12 heavy (non-hydrogen) atoms. The molecule has 0 N–H and O–H groups in total. The van der Waals surface area contributed by atoms with E-state index in [1.807, 2.05) is 6.92 Å². The fourth-order valence-electron chi connectivity index (χ4n) is 1.06. The van der Waals surface area contributed by atoms with Gasteiger partial charge in [-0.25, -0.2) is 9.18 Å². The molecule has 0 spiro atoms. The van der Waals surface area contributed by atoms with Crippen molar-refractivity contribution in [3.05, 3.63) is 0 Å². The molecule has 0 radical (unpaired) electrons. The summed E-state index contributed by atoms with van der Waals surface area (Å²) in [7, 11) is 0. The molecular weight excluding hydrogens is 159 g/mol. The van der Waals surface area contributed by atoms with Crippen molar-refractivity contribution in [3.63, 3.8) is 0 Å². The zero-order chi connectivity index (χ0) is 9.40. The Bertz CT molecular complexity index is 126. The van der Waals surface area contributed by atoms with Crippen LogP contribution >= 0.6 is 0 Å². The van der Waals surface area contributed by atoms with Gasteiger partial charge in [0, 0.05) is 0 Å². The molecule has 0 amide bonds. The second kappa shape index (κ2) is 7.07. The first kappa shape index (κ1) is 11.4. The summed E-state index contributed by atoms with van der Waals surface area (Å²) < 4.78 is 16.3. The normalized spacial score (nSPS) is 12.6. The molecule has 0 bridgehead atoms. The summed E-state index contributed by atoms with van der Waals surface area (Å²) in [6.07, 6.45) is 3.09. The third-order valence-electron chi connectivity index (χ3n) is 1.86. The molecule has 0 aromatic heterocycles. The summed E-state index contributed by atoms with van der Waals surface area (Å²) in [6.45, 7) is 3.49. The monoisotopic (exact) mass is 176 g/mol. The van der Waals surface area contributed by atoms with Gasteiger partial charge in [0.05, 0.1) is 6.61 Å². The molecule has 1 unspecified atom stereocenters. The van der Waals surface area contributed by atoms with Crippen LogP contribution in [-0.4, -0.2) is 19.3 Å². The van der Waals surface area contributed by atoms with Crippen molar-refractivity contribution < 1.29 is 13.9 Å². The standard InChI is InChI=1S/C9H17FO2/c1-3-5-8(4-2)7-12-9(11)6-10/h8H,3-7H2,1-2H3. The van der Waals surface area contributed by atoms with Gasteiger partial charge in [-0.05, 0) is 12.3 Å². The second-order valence-electron chi connectivity index (χ2n) is 2.88. The van der Waals surface area contributed by atoms with Gasteiger partial charge in [-0.3, -0.25) is 0 Å². The summed E-state index contributed by atoms with van der Waals surface area (Å²) in [5, 5.41) is 0. The van der Waals surface area contributed by atoms with E-state index in [9.17, 15) is 9.18 Å². The Morgan fingerprint density at radius 2 is 2.17 bits per heavy atom. The highest BCUT2D eigenvalue weighted by Gasteiger charge is 2.08. The highest BCUT2D eigenvalue weighted by molar-refractivity contribution is 5.70. The van der Waals surface area contributed by atoms with Gasteiger partial charge in [-0.2, -0.15) is 0 Å². The van der Waals surface area contributed by atoms with Crippen LogP contribution < -0.4 is 0 Å². The lowest BCUT2D eigenvalue weighted by Gasteiger charge is -2.12. The molecule has 3 heteroatoms. The number of alkyl halides is 1. The minimum atomic E-state index is -1.01. The van der Waals surface area contributed by atoms with Crippen LogP contribution in [0.3, 0.4) is 0 Å². The maximum Gasteiger partial charge on any atom is 0.337 e. The largest absolute Gasteiger partial charge is 0.463 e. The first-order chi connectivity index (χ1) is 5.74. The van der Waals surface area contributed by atoms with Gasteiger partial charge in [0.2, 0.25) is 0 Å². The van der Waals surface area contributed by atoms with Gasteiger partial charge in [-0.1, -0.05) is 26.7 Å². The lowest BCUT2D eigenvalue weighted by atomic mass is 10.0. The predicted molar refractivity (Wildman–Crippen MR) is 45.6 cm³/mol. The van der Waals surface area contributed by atoms with Crippen LogP contribution in [-0.2, 0) is 9.53 Å². The Morgan fingerprint density at radius 3 is 2.58 bits per heavy atom. The summed E-state index contributed by atoms with van der Waals surface area (Å²) in [6, 6.07) is 0. The van der Waals surface area contributed by atoms with E-state index in [0.29, 0.717) is 12.5 Å². The Kier molecular flexibility index (Phi) is 6.72. The van der Waals surface area contributed by atoms with Crippen molar-refractivity contribution in [2.75, 3.05) is 13.3 Å². The molecule has 1 atom stereocenters. The highest BCUT2D eigenvalue weighted by Crippen LogP contribution is 2.10. The van der Waals surface area contributed by atoms with Crippen LogP contribution in [0, 0.1) is 5.92 Å². The van der Waals surface area contributed by atoms with Crippen LogP contribution in [0.5, 0.6) is 0 Å². The molecule has 0 aromatic rings. The van der Waals surface area contributed by atoms with Crippen molar-refractivity contribution in [3.8, 4) is 0 Å². The zero-order valence-corrected chi connectivity index (χ0v) is 7.81. The number of ether oxygens (including phenoxy) is 1. The van der Waals surface area contributed by atoms with Crippen LogP contribution in [0.1, 0.15) is 33.1 Å². The van der Waals surface area contributed by atoms with Gasteiger partial charge in [0.15, 0.2) is 6.67 Å². The van der Waals surface area contributed by atoms with Crippen molar-refractivity contribution in [1.29, 1.82) is 0 Å². The number of rotatable bonds is 6. The maximum absolute atomic E-state index is 11.7. The molecule has 72 valence electrons. The third kappa shape index (κ3) is 5.10. The first-order valence-electron chi connectivity index (χ1n) is 4.46. The topological polar surface area (TPSA) is 26.3 Å². The Hall–Kier alpha value is -0.600. The van der Waals surface area contributed by atoms with Crippen LogP contribution in [0.25, 0.3) is 0 Å². The Labute approximate surface area is 73.1 Å². The molecule has 0 aliphatic heterocycles. The predicted octanol–water partition coefficient (Wildman–Crippen LogP) is 2.33. The van der Waals surface area contributed by atoms with Gasteiger partial charge >= 0.3 is 5.97 Å². The SMILES string of the molecule is CCCC(CC)COC(=O)CF. The first-order valence-corrected chi connectivity index (χ1v) is 4.46. The zero-order valence-electron chi connectivity index (χ0n) is 7.81. The quantitative estimate of drug-likeness (QED) is 0.580. The van der Waals surface area contributed by atoms with Gasteiger partial charge < -0.3 is 4.74 Å². The van der Waals surface area contributed by atoms with Crippen LogP contribution in [0.15, 0.2) is 0 Å². The van der Waals surface area contributed by atoms with E-state index in [2.05, 4.69) is 11.7 Å². The number of halogens is 1. The van der Waals surface area contributed by atoms with Crippen molar-refractivity contribution in [2.24, 2.45) is 5.92 Å². The van der Waals surface area contributed by atoms with E-state index in [-0.39, 0.29) is 0 Å². The smallest absolute Gasteiger partial charge is 0.337 e. The molecule has 0 aliphatic carbocycles. The van der Waals surface area contributed by atoms with Gasteiger partial charge in [0.1, 0.15) is 0 Å². The molecule has 0 rings (SSSR count). The Balaban J connectivity index is 3.50. The average molecular weight is 176 g/mol. The van der Waals surface area contributed by atoms with E-state index >= 15 is 0 Å². The fraction of sp³-hybridized carbons (Fsp3) is 0.889. The van der Waals surface area contributed by atoms with Crippen molar-refractivity contribution >= 4 is 5.97 Å². The van der Waals surface area contributed by atoms with E-state index in [1.165, 1.54) is 0 Å². The average Bonchev–Trinajstić information content (AvgIpc) is 2.11. The Morgan fingerprint density at radius 1 is 1.50 bits per heavy atom. The van der Waals surface area contributed by atoms with E-state index < -0.39 is 12.6 Å². The van der Waals surface area contributed by atoms with Crippen molar-refractivity contribution in [2.45, 2.75) is 33.1 Å². The molecule has 0 fully saturated rings. The lowest BCUT2D eigenvalue weighted by molar-refractivity contribution is -0.146. The van der Waals surface area contributed by atoms with E-state index in [1.54, 1.807) is 0 Å². The number of hydrogen-bond donors (Lipinski definition) is 0. The highest BCUT2D eigenvalue weighted by atomic mass is 19.1. The molecule has 0 aliphatic rings. The van der Waals surface area contributed by atoms with Gasteiger partial charge in [0.25, 0.3) is 0 Å². The van der Waals surface area contributed by atoms with Gasteiger partial charge in [-0.15, -0.1) is 0 Å². The minimum Gasteiger partial charge on any atom is -0.463 e. The summed E-state index contributed by atoms with van der Waals surface area (Å²) >= 11 is 0. The van der Waals surface area contributed by atoms with Crippen LogP contribution in [0.4, 0.5) is 4.39 Å². The second-order valence-corrected chi connectivity index (χ2v) is 2.88. The lowest BCUT2D eigenvalue weighted by Crippen LogP contribution is -2.14. The number of esters is 1. The molecule has 0 saturated heterocycles. The minimum absolute atomic E-state index is 0.368. The van der Waals surface area contributed by atoms with E-state index in [0.717, 1.165) is 19.3 Å². The fourth-order valence-corrected chi connectivity index (χ4v) is 1.06. The number of carbonyl (C=O) groups excluding carboxylic acids is 1.